The lowest BCUT2D eigenvalue weighted by Gasteiger charge is -2.07. The summed E-state index contributed by atoms with van der Waals surface area (Å²) in [5.74, 6) is -0.0164. The van der Waals surface area contributed by atoms with E-state index in [0.717, 1.165) is 25.5 Å². The summed E-state index contributed by atoms with van der Waals surface area (Å²) < 4.78 is 24.4. The lowest BCUT2D eigenvalue weighted by molar-refractivity contribution is -0.116. The highest BCUT2D eigenvalue weighted by Crippen LogP contribution is 2.15. The molecule has 6 heteroatoms. The number of benzene rings is 1. The molecule has 0 fully saturated rings. The number of nitrogens with one attached hydrogen (secondary N) is 2. The number of amides is 1. The summed E-state index contributed by atoms with van der Waals surface area (Å²) >= 11 is 0. The van der Waals surface area contributed by atoms with Gasteiger partial charge >= 0.3 is 0 Å². The normalized spacial score (nSPS) is 11.1. The Hall–Kier alpha value is -1.56. The Morgan fingerprint density at radius 1 is 1.11 bits per heavy atom. The third kappa shape index (κ3) is 6.81. The average molecular weight is 284 g/mol. The van der Waals surface area contributed by atoms with Gasteiger partial charge in [0.25, 0.3) is 0 Å². The van der Waals surface area contributed by atoms with Crippen LogP contribution >= 0.6 is 0 Å². The van der Waals surface area contributed by atoms with Gasteiger partial charge in [-0.15, -0.1) is 0 Å². The molecule has 0 heterocycles. The zero-order valence-corrected chi connectivity index (χ0v) is 12.1. The quantitative estimate of drug-likeness (QED) is 0.756. The molecule has 0 aliphatic carbocycles. The van der Waals surface area contributed by atoms with Crippen LogP contribution in [-0.4, -0.2) is 20.6 Å². The molecule has 5 nitrogen and oxygen atoms in total. The van der Waals surface area contributed by atoms with Crippen LogP contribution < -0.4 is 10.0 Å². The molecule has 19 heavy (non-hydrogen) atoms. The van der Waals surface area contributed by atoms with Gasteiger partial charge < -0.3 is 5.32 Å². The number of unbranched alkanes of at least 4 members (excludes halogenated alkanes) is 2. The van der Waals surface area contributed by atoms with Gasteiger partial charge in [-0.05, 0) is 30.7 Å². The van der Waals surface area contributed by atoms with Crippen molar-refractivity contribution in [3.05, 3.63) is 24.3 Å². The Balaban J connectivity index is 2.50. The second-order valence-electron chi connectivity index (χ2n) is 4.46. The molecule has 1 aromatic carbocycles. The Labute approximate surface area is 114 Å². The minimum atomic E-state index is -3.27. The van der Waals surface area contributed by atoms with Crippen molar-refractivity contribution < 1.29 is 13.2 Å². The van der Waals surface area contributed by atoms with Crippen molar-refractivity contribution >= 4 is 27.3 Å². The highest BCUT2D eigenvalue weighted by atomic mass is 32.2. The van der Waals surface area contributed by atoms with Crippen molar-refractivity contribution in [1.82, 2.24) is 0 Å². The Bertz CT molecular complexity index is 509. The van der Waals surface area contributed by atoms with E-state index in [0.29, 0.717) is 17.8 Å². The third-order valence-corrected chi connectivity index (χ3v) is 3.09. The number of carbonyl (C=O) groups excluding carboxylic acids is 1. The van der Waals surface area contributed by atoms with E-state index in [-0.39, 0.29) is 5.91 Å². The monoisotopic (exact) mass is 284 g/mol. The first-order chi connectivity index (χ1) is 8.90. The summed E-state index contributed by atoms with van der Waals surface area (Å²) in [4.78, 5) is 11.6. The van der Waals surface area contributed by atoms with Gasteiger partial charge in [-0.25, -0.2) is 8.42 Å². The van der Waals surface area contributed by atoms with Gasteiger partial charge in [0.2, 0.25) is 15.9 Å². The molecule has 1 aromatic rings. The minimum Gasteiger partial charge on any atom is -0.326 e. The maximum atomic E-state index is 11.6. The first-order valence-electron chi connectivity index (χ1n) is 6.28. The molecule has 0 unspecified atom stereocenters. The molecule has 0 aliphatic rings. The van der Waals surface area contributed by atoms with Gasteiger partial charge in [0.05, 0.1) is 6.26 Å². The molecule has 1 rings (SSSR count). The standard InChI is InChI=1S/C13H20N2O3S/c1-3-4-5-6-13(16)14-11-7-9-12(10-8-11)15-19(2,17)18/h7-10,15H,3-6H2,1-2H3,(H,14,16). The molecule has 2 N–H and O–H groups in total. The lowest BCUT2D eigenvalue weighted by atomic mass is 10.2. The average Bonchev–Trinajstić information content (AvgIpc) is 2.30. The maximum Gasteiger partial charge on any atom is 0.229 e. The maximum absolute atomic E-state index is 11.6. The zero-order valence-electron chi connectivity index (χ0n) is 11.3. The molecule has 0 atom stereocenters. The van der Waals surface area contributed by atoms with E-state index in [9.17, 15) is 13.2 Å². The number of rotatable bonds is 7. The largest absolute Gasteiger partial charge is 0.326 e. The van der Waals surface area contributed by atoms with Gasteiger partial charge in [0.15, 0.2) is 0 Å². The van der Waals surface area contributed by atoms with E-state index in [1.165, 1.54) is 0 Å². The fraction of sp³-hybridized carbons (Fsp3) is 0.462. The van der Waals surface area contributed by atoms with Crippen LogP contribution in [0.1, 0.15) is 32.6 Å². The van der Waals surface area contributed by atoms with Crippen molar-refractivity contribution in [1.29, 1.82) is 0 Å². The summed E-state index contributed by atoms with van der Waals surface area (Å²) in [5, 5.41) is 2.77. The minimum absolute atomic E-state index is 0.0164. The predicted molar refractivity (Wildman–Crippen MR) is 77.7 cm³/mol. The number of hydrogen-bond acceptors (Lipinski definition) is 3. The fourth-order valence-electron chi connectivity index (χ4n) is 1.59. The van der Waals surface area contributed by atoms with Crippen molar-refractivity contribution in [2.45, 2.75) is 32.6 Å². The highest BCUT2D eigenvalue weighted by molar-refractivity contribution is 7.92. The van der Waals surface area contributed by atoms with Gasteiger partial charge in [-0.1, -0.05) is 19.8 Å². The second kappa shape index (κ2) is 7.13. The molecule has 0 spiro atoms. The Morgan fingerprint density at radius 2 is 1.68 bits per heavy atom. The van der Waals surface area contributed by atoms with Gasteiger partial charge in [-0.2, -0.15) is 0 Å². The number of anilines is 2. The van der Waals surface area contributed by atoms with Crippen LogP contribution in [0.4, 0.5) is 11.4 Å². The summed E-state index contributed by atoms with van der Waals surface area (Å²) in [6.45, 7) is 2.09. The van der Waals surface area contributed by atoms with Crippen molar-refractivity contribution in [2.24, 2.45) is 0 Å². The van der Waals surface area contributed by atoms with Gasteiger partial charge in [0.1, 0.15) is 0 Å². The Kier molecular flexibility index (Phi) is 5.82. The SMILES string of the molecule is CCCCCC(=O)Nc1ccc(NS(C)(=O)=O)cc1. The zero-order chi connectivity index (χ0) is 14.3. The first kappa shape index (κ1) is 15.5. The molecule has 0 saturated heterocycles. The summed E-state index contributed by atoms with van der Waals surface area (Å²) in [6, 6.07) is 6.57. The highest BCUT2D eigenvalue weighted by Gasteiger charge is 2.04. The van der Waals surface area contributed by atoms with Crippen LogP contribution in [0, 0.1) is 0 Å². The van der Waals surface area contributed by atoms with Crippen molar-refractivity contribution in [2.75, 3.05) is 16.3 Å². The molecule has 0 aromatic heterocycles. The van der Waals surface area contributed by atoms with Crippen LogP contribution in [0.2, 0.25) is 0 Å². The van der Waals surface area contributed by atoms with E-state index in [4.69, 9.17) is 0 Å². The molecule has 0 bridgehead atoms. The van der Waals surface area contributed by atoms with Crippen LogP contribution in [0.5, 0.6) is 0 Å². The number of sulfonamides is 1. The number of hydrogen-bond donors (Lipinski definition) is 2. The summed E-state index contributed by atoms with van der Waals surface area (Å²) in [6.07, 6.45) is 4.62. The van der Waals surface area contributed by atoms with E-state index >= 15 is 0 Å². The molecule has 106 valence electrons. The van der Waals surface area contributed by atoms with Crippen LogP contribution in [0.15, 0.2) is 24.3 Å². The van der Waals surface area contributed by atoms with Crippen LogP contribution in [0.25, 0.3) is 0 Å². The fourth-order valence-corrected chi connectivity index (χ4v) is 2.16. The lowest BCUT2D eigenvalue weighted by Crippen LogP contribution is -2.12. The molecule has 0 saturated carbocycles. The second-order valence-corrected chi connectivity index (χ2v) is 6.21. The van der Waals surface area contributed by atoms with Gasteiger partial charge in [-0.3, -0.25) is 9.52 Å². The molecule has 0 aliphatic heterocycles. The first-order valence-corrected chi connectivity index (χ1v) is 8.17. The summed E-state index contributed by atoms with van der Waals surface area (Å²) in [5.41, 5.74) is 1.15. The smallest absolute Gasteiger partial charge is 0.229 e. The molecular formula is C13H20N2O3S. The molecule has 1 amide bonds. The molecular weight excluding hydrogens is 264 g/mol. The van der Waals surface area contributed by atoms with E-state index in [1.807, 2.05) is 0 Å². The van der Waals surface area contributed by atoms with Crippen LogP contribution in [0.3, 0.4) is 0 Å². The number of carbonyl (C=O) groups is 1. The topological polar surface area (TPSA) is 75.3 Å². The molecule has 0 radical (unpaired) electrons. The van der Waals surface area contributed by atoms with Gasteiger partial charge in [0, 0.05) is 17.8 Å². The van der Waals surface area contributed by atoms with E-state index in [2.05, 4.69) is 17.0 Å². The summed E-state index contributed by atoms with van der Waals surface area (Å²) in [7, 11) is -3.27. The Morgan fingerprint density at radius 3 is 2.21 bits per heavy atom. The third-order valence-electron chi connectivity index (χ3n) is 2.48. The van der Waals surface area contributed by atoms with Crippen molar-refractivity contribution in [3.63, 3.8) is 0 Å². The predicted octanol–water partition coefficient (Wildman–Crippen LogP) is 2.58. The van der Waals surface area contributed by atoms with E-state index < -0.39 is 10.0 Å². The van der Waals surface area contributed by atoms with E-state index in [1.54, 1.807) is 24.3 Å². The van der Waals surface area contributed by atoms with Crippen LogP contribution in [-0.2, 0) is 14.8 Å². The van der Waals surface area contributed by atoms with Crippen molar-refractivity contribution in [3.8, 4) is 0 Å².